The van der Waals surface area contributed by atoms with Crippen LogP contribution in [-0.2, 0) is 4.79 Å². The van der Waals surface area contributed by atoms with Gasteiger partial charge in [0, 0.05) is 11.7 Å². The number of halogens is 1. The molecule has 146 valence electrons. The van der Waals surface area contributed by atoms with Gasteiger partial charge in [0.15, 0.2) is 11.5 Å². The van der Waals surface area contributed by atoms with Crippen LogP contribution >= 0.6 is 0 Å². The van der Waals surface area contributed by atoms with E-state index in [1.165, 1.54) is 24.3 Å². The summed E-state index contributed by atoms with van der Waals surface area (Å²) in [5.41, 5.74) is 1.55. The standard InChI is InChI=1S/C21H27FN2O3/c1-5-26-19-12-7-16(13-20(19)27-6-2)14(3)23-15(4)21(25)24-18-10-8-17(22)9-11-18/h7-15,23H,5-6H2,1-4H3,(H,24,25)/t14-,15-/m1/s1. The third-order valence-electron chi connectivity index (χ3n) is 4.07. The Kier molecular flexibility index (Phi) is 7.61. The Bertz CT molecular complexity index is 750. The molecule has 0 aliphatic heterocycles. The lowest BCUT2D eigenvalue weighted by molar-refractivity contribution is -0.117. The van der Waals surface area contributed by atoms with Gasteiger partial charge in [0.05, 0.1) is 19.3 Å². The molecule has 0 spiro atoms. The largest absolute Gasteiger partial charge is 0.490 e. The zero-order valence-electron chi connectivity index (χ0n) is 16.2. The van der Waals surface area contributed by atoms with Gasteiger partial charge in [-0.15, -0.1) is 0 Å². The van der Waals surface area contributed by atoms with E-state index in [0.29, 0.717) is 30.4 Å². The molecule has 6 heteroatoms. The minimum absolute atomic E-state index is 0.0751. The van der Waals surface area contributed by atoms with Crippen molar-refractivity contribution in [1.82, 2.24) is 5.32 Å². The van der Waals surface area contributed by atoms with Gasteiger partial charge in [0.2, 0.25) is 5.91 Å². The molecule has 0 saturated heterocycles. The molecule has 0 fully saturated rings. The van der Waals surface area contributed by atoms with Crippen LogP contribution in [0.1, 0.15) is 39.3 Å². The number of hydrogen-bond acceptors (Lipinski definition) is 4. The highest BCUT2D eigenvalue weighted by Crippen LogP contribution is 2.30. The van der Waals surface area contributed by atoms with Crippen LogP contribution in [0.15, 0.2) is 42.5 Å². The van der Waals surface area contributed by atoms with Crippen LogP contribution in [0.25, 0.3) is 0 Å². The Morgan fingerprint density at radius 3 is 2.26 bits per heavy atom. The summed E-state index contributed by atoms with van der Waals surface area (Å²) in [7, 11) is 0. The minimum atomic E-state index is -0.438. The van der Waals surface area contributed by atoms with Crippen molar-refractivity contribution in [3.05, 3.63) is 53.8 Å². The number of nitrogens with one attached hydrogen (secondary N) is 2. The van der Waals surface area contributed by atoms with Crippen molar-refractivity contribution in [2.45, 2.75) is 39.8 Å². The lowest BCUT2D eigenvalue weighted by atomic mass is 10.1. The van der Waals surface area contributed by atoms with E-state index in [1.807, 2.05) is 39.0 Å². The molecule has 2 atom stereocenters. The molecule has 0 unspecified atom stereocenters. The second-order valence-corrected chi connectivity index (χ2v) is 6.18. The number of amides is 1. The number of benzene rings is 2. The summed E-state index contributed by atoms with van der Waals surface area (Å²) in [6.45, 7) is 8.72. The van der Waals surface area contributed by atoms with Gasteiger partial charge in [-0.1, -0.05) is 6.07 Å². The fourth-order valence-corrected chi connectivity index (χ4v) is 2.67. The molecular weight excluding hydrogens is 347 g/mol. The first-order valence-electron chi connectivity index (χ1n) is 9.16. The molecule has 0 radical (unpaired) electrons. The van der Waals surface area contributed by atoms with E-state index in [4.69, 9.17) is 9.47 Å². The van der Waals surface area contributed by atoms with E-state index >= 15 is 0 Å². The Labute approximate surface area is 159 Å². The average Bonchev–Trinajstić information content (AvgIpc) is 2.65. The van der Waals surface area contributed by atoms with E-state index in [-0.39, 0.29) is 17.8 Å². The number of hydrogen-bond donors (Lipinski definition) is 2. The first kappa shape index (κ1) is 20.7. The molecule has 0 saturated carbocycles. The maximum atomic E-state index is 13.0. The van der Waals surface area contributed by atoms with Crippen molar-refractivity contribution >= 4 is 11.6 Å². The van der Waals surface area contributed by atoms with Gasteiger partial charge in [-0.25, -0.2) is 4.39 Å². The topological polar surface area (TPSA) is 59.6 Å². The van der Waals surface area contributed by atoms with Gasteiger partial charge < -0.3 is 14.8 Å². The van der Waals surface area contributed by atoms with Crippen LogP contribution in [-0.4, -0.2) is 25.2 Å². The van der Waals surface area contributed by atoms with Crippen molar-refractivity contribution in [3.8, 4) is 11.5 Å². The maximum Gasteiger partial charge on any atom is 0.241 e. The van der Waals surface area contributed by atoms with Crippen molar-refractivity contribution < 1.29 is 18.7 Å². The zero-order chi connectivity index (χ0) is 19.8. The summed E-state index contributed by atoms with van der Waals surface area (Å²) < 4.78 is 24.2. The first-order valence-corrected chi connectivity index (χ1v) is 9.16. The van der Waals surface area contributed by atoms with Crippen molar-refractivity contribution in [1.29, 1.82) is 0 Å². The lowest BCUT2D eigenvalue weighted by Gasteiger charge is -2.21. The van der Waals surface area contributed by atoms with Crippen molar-refractivity contribution in [3.63, 3.8) is 0 Å². The second kappa shape index (κ2) is 9.92. The first-order chi connectivity index (χ1) is 12.9. The summed E-state index contributed by atoms with van der Waals surface area (Å²) in [6, 6.07) is 10.9. The predicted octanol–water partition coefficient (Wildman–Crippen LogP) is 4.30. The van der Waals surface area contributed by atoms with E-state index in [0.717, 1.165) is 5.56 Å². The third-order valence-corrected chi connectivity index (χ3v) is 4.07. The van der Waals surface area contributed by atoms with Crippen molar-refractivity contribution in [2.24, 2.45) is 0 Å². The van der Waals surface area contributed by atoms with Crippen LogP contribution < -0.4 is 20.1 Å². The monoisotopic (exact) mass is 374 g/mol. The molecule has 2 aromatic carbocycles. The van der Waals surface area contributed by atoms with Gasteiger partial charge in [0.1, 0.15) is 5.82 Å². The normalized spacial score (nSPS) is 12.9. The number of carbonyl (C=O) groups is 1. The molecular formula is C21H27FN2O3. The Hall–Kier alpha value is -2.60. The summed E-state index contributed by atoms with van der Waals surface area (Å²) in [4.78, 5) is 12.4. The molecule has 2 aromatic rings. The number of carbonyl (C=O) groups excluding carboxylic acids is 1. The fraction of sp³-hybridized carbons (Fsp3) is 0.381. The van der Waals surface area contributed by atoms with Crippen LogP contribution in [0.2, 0.25) is 0 Å². The fourth-order valence-electron chi connectivity index (χ4n) is 2.67. The van der Waals surface area contributed by atoms with E-state index in [1.54, 1.807) is 6.92 Å². The van der Waals surface area contributed by atoms with Gasteiger partial charge in [-0.05, 0) is 69.7 Å². The Morgan fingerprint density at radius 2 is 1.63 bits per heavy atom. The molecule has 0 bridgehead atoms. The minimum Gasteiger partial charge on any atom is -0.490 e. The van der Waals surface area contributed by atoms with Crippen molar-refractivity contribution in [2.75, 3.05) is 18.5 Å². The average molecular weight is 374 g/mol. The maximum absolute atomic E-state index is 13.0. The quantitative estimate of drug-likeness (QED) is 0.687. The molecule has 0 aromatic heterocycles. The Morgan fingerprint density at radius 1 is 1.00 bits per heavy atom. The second-order valence-electron chi connectivity index (χ2n) is 6.18. The summed E-state index contributed by atoms with van der Waals surface area (Å²) in [5.74, 6) is 0.865. The highest BCUT2D eigenvalue weighted by molar-refractivity contribution is 5.94. The highest BCUT2D eigenvalue weighted by atomic mass is 19.1. The van der Waals surface area contributed by atoms with E-state index in [2.05, 4.69) is 10.6 Å². The van der Waals surface area contributed by atoms with E-state index < -0.39 is 6.04 Å². The molecule has 0 heterocycles. The molecule has 2 rings (SSSR count). The molecule has 2 N–H and O–H groups in total. The molecule has 1 amide bonds. The predicted molar refractivity (Wildman–Crippen MR) is 105 cm³/mol. The Balaban J connectivity index is 2.02. The van der Waals surface area contributed by atoms with Gasteiger partial charge in [0.25, 0.3) is 0 Å². The third kappa shape index (κ3) is 5.96. The molecule has 0 aliphatic carbocycles. The number of ether oxygens (including phenoxy) is 2. The van der Waals surface area contributed by atoms with Gasteiger partial charge >= 0.3 is 0 Å². The van der Waals surface area contributed by atoms with Crippen LogP contribution in [0, 0.1) is 5.82 Å². The van der Waals surface area contributed by atoms with E-state index in [9.17, 15) is 9.18 Å². The highest BCUT2D eigenvalue weighted by Gasteiger charge is 2.18. The summed E-state index contributed by atoms with van der Waals surface area (Å²) in [5, 5.41) is 6.04. The lowest BCUT2D eigenvalue weighted by Crippen LogP contribution is -2.39. The SMILES string of the molecule is CCOc1ccc([C@@H](C)N[C@H](C)C(=O)Nc2ccc(F)cc2)cc1OCC. The molecule has 0 aliphatic rings. The number of rotatable bonds is 9. The van der Waals surface area contributed by atoms with Gasteiger partial charge in [-0.3, -0.25) is 10.1 Å². The zero-order valence-corrected chi connectivity index (χ0v) is 16.2. The van der Waals surface area contributed by atoms with Crippen LogP contribution in [0.3, 0.4) is 0 Å². The smallest absolute Gasteiger partial charge is 0.241 e. The van der Waals surface area contributed by atoms with Crippen LogP contribution in [0.5, 0.6) is 11.5 Å². The summed E-state index contributed by atoms with van der Waals surface area (Å²) >= 11 is 0. The summed E-state index contributed by atoms with van der Waals surface area (Å²) in [6.07, 6.45) is 0. The molecule has 5 nitrogen and oxygen atoms in total. The van der Waals surface area contributed by atoms with Gasteiger partial charge in [-0.2, -0.15) is 0 Å². The van der Waals surface area contributed by atoms with Crippen LogP contribution in [0.4, 0.5) is 10.1 Å². The molecule has 27 heavy (non-hydrogen) atoms. The number of anilines is 1.